The maximum absolute atomic E-state index is 2.44. The lowest BCUT2D eigenvalue weighted by Crippen LogP contribution is -1.83. The second-order valence-corrected chi connectivity index (χ2v) is 19.8. The van der Waals surface area contributed by atoms with Crippen LogP contribution in [-0.2, 0) is 6.42 Å². The molecule has 0 unspecified atom stereocenters. The highest BCUT2D eigenvalue weighted by Crippen LogP contribution is 2.51. The Kier molecular flexibility index (Phi) is 9.97. The van der Waals surface area contributed by atoms with Gasteiger partial charge in [0, 0.05) is 64.1 Å². The van der Waals surface area contributed by atoms with E-state index < -0.39 is 0 Å². The van der Waals surface area contributed by atoms with Gasteiger partial charge in [-0.15, -0.1) is 68.0 Å². The second kappa shape index (κ2) is 14.0. The number of thiophene rings is 7. The summed E-state index contributed by atoms with van der Waals surface area (Å²) in [5, 5.41) is 4.42. The van der Waals surface area contributed by atoms with Gasteiger partial charge in [0.2, 0.25) is 0 Å². The lowest BCUT2D eigenvalue weighted by Gasteiger charge is -1.99. The van der Waals surface area contributed by atoms with Gasteiger partial charge >= 0.3 is 0 Å². The van der Waals surface area contributed by atoms with Crippen LogP contribution in [0, 0.1) is 41.5 Å². The Morgan fingerprint density at radius 2 is 0.851 bits per heavy atom. The molecule has 7 heteroatoms. The molecule has 242 valence electrons. The SMILES string of the molecule is CCCCCCc1sc(-c2sc(-c3sc(-c4sc(-c5sc(-c6sc(-c7ccsc7)cc6C)cc5C)cc4C)cc3C)cc2C)cc1C. The van der Waals surface area contributed by atoms with Crippen molar-refractivity contribution < 1.29 is 0 Å². The van der Waals surface area contributed by atoms with Gasteiger partial charge in [-0.25, -0.2) is 0 Å². The predicted molar refractivity (Wildman–Crippen MR) is 220 cm³/mol. The largest absolute Gasteiger partial charge is 0.152 e. The highest BCUT2D eigenvalue weighted by Gasteiger charge is 2.21. The fourth-order valence-electron chi connectivity index (χ4n) is 6.22. The van der Waals surface area contributed by atoms with E-state index >= 15 is 0 Å². The third-order valence-electron chi connectivity index (χ3n) is 8.79. The van der Waals surface area contributed by atoms with Gasteiger partial charge in [-0.05, 0) is 141 Å². The van der Waals surface area contributed by atoms with Gasteiger partial charge in [-0.1, -0.05) is 26.2 Å². The molecule has 0 aromatic carbocycles. The fourth-order valence-corrected chi connectivity index (χ4v) is 14.9. The average Bonchev–Trinajstić information content (AvgIpc) is 3.87. The van der Waals surface area contributed by atoms with E-state index in [9.17, 15) is 0 Å². The molecule has 0 nitrogen and oxygen atoms in total. The van der Waals surface area contributed by atoms with E-state index in [0.29, 0.717) is 0 Å². The number of hydrogen-bond donors (Lipinski definition) is 0. The standard InChI is InChI=1S/C40H40S7/c1-8-9-10-11-12-29-22(2)15-31(42-29)36-24(4)17-33(44-36)38-26(6)19-35(46-38)40-27(7)20-34(47-40)39-25(5)18-32(45-39)37-23(3)16-30(43-37)28-13-14-41-21-28/h13-21H,8-12H2,1-7H3. The van der Waals surface area contributed by atoms with Crippen molar-refractivity contribution in [1.82, 2.24) is 0 Å². The van der Waals surface area contributed by atoms with Crippen LogP contribution in [0.2, 0.25) is 0 Å². The molecular formula is C40H40S7. The Hall–Kier alpha value is -2.10. The lowest BCUT2D eigenvalue weighted by atomic mass is 10.1. The maximum atomic E-state index is 2.44. The first-order valence-electron chi connectivity index (χ1n) is 16.4. The van der Waals surface area contributed by atoms with E-state index in [-0.39, 0.29) is 0 Å². The Labute approximate surface area is 308 Å². The van der Waals surface area contributed by atoms with Crippen molar-refractivity contribution in [2.24, 2.45) is 0 Å². The minimum atomic E-state index is 1.22. The number of unbranched alkanes of at least 4 members (excludes halogenated alkanes) is 3. The summed E-state index contributed by atoms with van der Waals surface area (Å²) in [6.45, 7) is 16.0. The first-order chi connectivity index (χ1) is 22.7. The average molecular weight is 745 g/mol. The van der Waals surface area contributed by atoms with Crippen molar-refractivity contribution in [3.8, 4) is 59.2 Å². The zero-order valence-corrected chi connectivity index (χ0v) is 33.8. The van der Waals surface area contributed by atoms with Crippen LogP contribution in [0.25, 0.3) is 59.2 Å². The second-order valence-electron chi connectivity index (χ2n) is 12.7. The van der Waals surface area contributed by atoms with Crippen molar-refractivity contribution in [1.29, 1.82) is 0 Å². The molecule has 7 rings (SSSR count). The van der Waals surface area contributed by atoms with E-state index in [0.717, 1.165) is 0 Å². The molecule has 0 aliphatic heterocycles. The summed E-state index contributed by atoms with van der Waals surface area (Å²) in [4.78, 5) is 17.1. The van der Waals surface area contributed by atoms with Crippen molar-refractivity contribution in [2.75, 3.05) is 0 Å². The summed E-state index contributed by atoms with van der Waals surface area (Å²) >= 11 is 13.6. The van der Waals surface area contributed by atoms with Crippen LogP contribution in [0.4, 0.5) is 0 Å². The van der Waals surface area contributed by atoms with Crippen molar-refractivity contribution in [2.45, 2.75) is 80.6 Å². The van der Waals surface area contributed by atoms with Gasteiger partial charge in [0.05, 0.1) is 0 Å². The number of aryl methyl sites for hydroxylation is 7. The van der Waals surface area contributed by atoms with Crippen molar-refractivity contribution in [3.63, 3.8) is 0 Å². The predicted octanol–water partition coefficient (Wildman–Crippen LogP) is 16.1. The molecule has 0 bridgehead atoms. The molecule has 0 amide bonds. The van der Waals surface area contributed by atoms with Crippen LogP contribution in [0.15, 0.2) is 53.2 Å². The van der Waals surface area contributed by atoms with Crippen LogP contribution in [0.3, 0.4) is 0 Å². The molecule has 7 aromatic heterocycles. The normalized spacial score (nSPS) is 11.7. The summed E-state index contributed by atoms with van der Waals surface area (Å²) in [7, 11) is 0. The zero-order valence-electron chi connectivity index (χ0n) is 28.1. The monoisotopic (exact) mass is 744 g/mol. The molecule has 7 heterocycles. The minimum absolute atomic E-state index is 1.22. The van der Waals surface area contributed by atoms with E-state index in [4.69, 9.17) is 0 Å². The molecule has 0 fully saturated rings. The van der Waals surface area contributed by atoms with Gasteiger partial charge in [0.1, 0.15) is 0 Å². The van der Waals surface area contributed by atoms with Gasteiger partial charge in [0.25, 0.3) is 0 Å². The zero-order chi connectivity index (χ0) is 32.8. The van der Waals surface area contributed by atoms with Crippen molar-refractivity contribution >= 4 is 79.4 Å². The third-order valence-corrected chi connectivity index (χ3v) is 17.9. The Balaban J connectivity index is 1.14. The van der Waals surface area contributed by atoms with Crippen LogP contribution >= 0.6 is 79.4 Å². The minimum Gasteiger partial charge on any atom is -0.152 e. The molecule has 7 aromatic rings. The van der Waals surface area contributed by atoms with E-state index in [1.165, 1.54) is 125 Å². The molecule has 0 radical (unpaired) electrons. The van der Waals surface area contributed by atoms with E-state index in [2.05, 4.69) is 102 Å². The van der Waals surface area contributed by atoms with Gasteiger partial charge in [-0.3, -0.25) is 0 Å². The molecule has 0 aliphatic rings. The first kappa shape index (κ1) is 33.4. The summed E-state index contributed by atoms with van der Waals surface area (Å²) in [5.74, 6) is 0. The van der Waals surface area contributed by atoms with Gasteiger partial charge < -0.3 is 0 Å². The number of rotatable bonds is 11. The first-order valence-corrected chi connectivity index (χ1v) is 22.2. The van der Waals surface area contributed by atoms with Crippen LogP contribution < -0.4 is 0 Å². The van der Waals surface area contributed by atoms with Crippen LogP contribution in [0.1, 0.15) is 70.9 Å². The maximum Gasteiger partial charge on any atom is 0.0479 e. The number of hydrogen-bond acceptors (Lipinski definition) is 7. The summed E-state index contributed by atoms with van der Waals surface area (Å²) < 4.78 is 0. The molecule has 47 heavy (non-hydrogen) atoms. The van der Waals surface area contributed by atoms with Crippen LogP contribution in [-0.4, -0.2) is 0 Å². The summed E-state index contributed by atoms with van der Waals surface area (Å²) in [6, 6.07) is 16.7. The lowest BCUT2D eigenvalue weighted by molar-refractivity contribution is 0.669. The molecule has 0 saturated heterocycles. The molecule has 0 atom stereocenters. The van der Waals surface area contributed by atoms with Crippen molar-refractivity contribution in [3.05, 3.63) is 91.5 Å². The Morgan fingerprint density at radius 1 is 0.447 bits per heavy atom. The molecular weight excluding hydrogens is 705 g/mol. The smallest absolute Gasteiger partial charge is 0.0479 e. The van der Waals surface area contributed by atoms with Gasteiger partial charge in [-0.2, -0.15) is 11.3 Å². The molecule has 0 saturated carbocycles. The quantitative estimate of drug-likeness (QED) is 0.116. The Morgan fingerprint density at radius 3 is 1.28 bits per heavy atom. The van der Waals surface area contributed by atoms with E-state index in [1.807, 2.05) is 68.0 Å². The molecule has 0 spiro atoms. The summed E-state index contributed by atoms with van der Waals surface area (Å²) in [6.07, 6.45) is 6.52. The van der Waals surface area contributed by atoms with E-state index in [1.54, 1.807) is 16.2 Å². The summed E-state index contributed by atoms with van der Waals surface area (Å²) in [5.41, 5.74) is 9.72. The van der Waals surface area contributed by atoms with Gasteiger partial charge in [0.15, 0.2) is 0 Å². The fraction of sp³-hybridized carbons (Fsp3) is 0.300. The molecule has 0 aliphatic carbocycles. The van der Waals surface area contributed by atoms with Crippen LogP contribution in [0.5, 0.6) is 0 Å². The third kappa shape index (κ3) is 6.74. The highest BCUT2D eigenvalue weighted by molar-refractivity contribution is 7.31. The topological polar surface area (TPSA) is 0 Å². The highest BCUT2D eigenvalue weighted by atomic mass is 32.1. The Bertz CT molecular complexity index is 2140. The molecule has 0 N–H and O–H groups in total.